The minimum absolute atomic E-state index is 0. The van der Waals surface area contributed by atoms with Crippen LogP contribution in [0.3, 0.4) is 0 Å². The van der Waals surface area contributed by atoms with Gasteiger partial charge in [-0.05, 0) is 51.2 Å². The summed E-state index contributed by atoms with van der Waals surface area (Å²) in [6.07, 6.45) is 4.80. The molecule has 1 aromatic carbocycles. The van der Waals surface area contributed by atoms with Crippen LogP contribution >= 0.6 is 0 Å². The molecule has 1 aromatic heterocycles. The summed E-state index contributed by atoms with van der Waals surface area (Å²) in [6.45, 7) is 21.1. The molecule has 206 valence electrons. The monoisotopic (exact) mass is 571 g/mol. The molecule has 1 aliphatic carbocycles. The average molecular weight is 572 g/mol. The van der Waals surface area contributed by atoms with Crippen LogP contribution in [-0.4, -0.2) is 40.2 Å². The maximum absolute atomic E-state index is 12.9. The van der Waals surface area contributed by atoms with Crippen molar-refractivity contribution in [2.45, 2.75) is 45.7 Å². The number of alkyl halides is 5. The second-order valence-electron chi connectivity index (χ2n) is 8.92. The molecule has 0 radical (unpaired) electrons. The molecule has 10 heteroatoms. The Morgan fingerprint density at radius 3 is 2.33 bits per heavy atom. The van der Waals surface area contributed by atoms with Gasteiger partial charge in [0.05, 0.1) is 11.0 Å². The number of nitrogens with one attached hydrogen (secondary N) is 2. The number of halogens is 5. The van der Waals surface area contributed by atoms with Gasteiger partial charge in [0.1, 0.15) is 5.48 Å². The molecule has 1 aliphatic rings. The van der Waals surface area contributed by atoms with Gasteiger partial charge in [0.25, 0.3) is 0 Å². The Hall–Kier alpha value is -1.82. The van der Waals surface area contributed by atoms with Gasteiger partial charge in [-0.3, -0.25) is 0 Å². The molecular weight excluding hydrogens is 538 g/mol. The smallest absolute Gasteiger partial charge is 0.365 e. The van der Waals surface area contributed by atoms with Crippen molar-refractivity contribution < 1.29 is 73.3 Å². The average Bonchev–Trinajstić information content (AvgIpc) is 3.17. The second-order valence-corrected chi connectivity index (χ2v) is 8.92. The van der Waals surface area contributed by atoms with Crippen molar-refractivity contribution in [3.05, 3.63) is 94.3 Å². The summed E-state index contributed by atoms with van der Waals surface area (Å²) in [4.78, 5) is 10.1. The molecule has 0 saturated heterocycles. The topological polar surface area (TPSA) is 55.8 Å². The fourth-order valence-electron chi connectivity index (χ4n) is 3.80. The second kappa shape index (κ2) is 15.3. The summed E-state index contributed by atoms with van der Waals surface area (Å²) in [6, 6.07) is 2.11. The van der Waals surface area contributed by atoms with Crippen molar-refractivity contribution in [1.82, 2.24) is 14.9 Å². The molecule has 2 aromatic rings. The van der Waals surface area contributed by atoms with Crippen molar-refractivity contribution in [1.29, 1.82) is 5.41 Å². The predicted molar refractivity (Wildman–Crippen MR) is 142 cm³/mol. The van der Waals surface area contributed by atoms with Crippen LogP contribution in [0.4, 0.5) is 22.0 Å². The zero-order valence-electron chi connectivity index (χ0n) is 22.9. The van der Waals surface area contributed by atoms with E-state index in [0.717, 1.165) is 61.2 Å². The molecule has 0 spiro atoms. The van der Waals surface area contributed by atoms with Crippen molar-refractivity contribution in [2.24, 2.45) is 0 Å². The normalized spacial score (nSPS) is 14.2. The Bertz CT molecular complexity index is 1310. The molecule has 0 aliphatic heterocycles. The Balaban J connectivity index is 0.000000414. The number of allylic oxidation sites excluding steroid dienone is 5. The van der Waals surface area contributed by atoms with Gasteiger partial charge in [0.15, 0.2) is 0 Å². The number of rotatable bonds is 8. The van der Waals surface area contributed by atoms with E-state index in [0.29, 0.717) is 29.8 Å². The van der Waals surface area contributed by atoms with Gasteiger partial charge in [-0.25, -0.2) is 20.3 Å². The van der Waals surface area contributed by atoms with Crippen LogP contribution in [0, 0.1) is 18.9 Å². The van der Waals surface area contributed by atoms with E-state index in [4.69, 9.17) is 12.0 Å². The number of H-pyrrole nitrogens is 1. The van der Waals surface area contributed by atoms with Gasteiger partial charge in [-0.1, -0.05) is 49.8 Å². The van der Waals surface area contributed by atoms with Gasteiger partial charge >= 0.3 is 57.6 Å². The van der Waals surface area contributed by atoms with E-state index >= 15 is 0 Å². The van der Waals surface area contributed by atoms with Crippen LogP contribution in [-0.2, 0) is 18.5 Å². The number of aryl methyl sites for hydroxylation is 1. The maximum Gasteiger partial charge on any atom is 1.00 e. The van der Waals surface area contributed by atoms with Crippen LogP contribution in [0.25, 0.3) is 12.7 Å². The molecule has 0 atom stereocenters. The van der Waals surface area contributed by atoms with Gasteiger partial charge in [-0.15, -0.1) is 6.07 Å². The molecule has 0 bridgehead atoms. The molecule has 0 fully saturated rings. The Labute approximate surface area is 269 Å². The van der Waals surface area contributed by atoms with Gasteiger partial charge in [-0.2, -0.15) is 43.4 Å². The predicted octanol–water partition coefficient (Wildman–Crippen LogP) is 2.75. The summed E-state index contributed by atoms with van der Waals surface area (Å²) < 4.78 is 62.4. The zero-order chi connectivity index (χ0) is 28.7. The first kappa shape index (κ1) is 35.2. The quantitative estimate of drug-likeness (QED) is 0.291. The van der Waals surface area contributed by atoms with Gasteiger partial charge in [0, 0.05) is 5.56 Å². The van der Waals surface area contributed by atoms with E-state index in [9.17, 15) is 22.0 Å². The number of benzene rings is 1. The molecule has 3 rings (SSSR count). The first-order chi connectivity index (χ1) is 17.6. The summed E-state index contributed by atoms with van der Waals surface area (Å²) in [5, 5.41) is 8.61. The molecule has 2 N–H and O–H groups in total. The molecule has 4 nitrogen and oxygen atoms in total. The molecule has 1 heterocycles. The Morgan fingerprint density at radius 1 is 1.15 bits per heavy atom. The standard InChI is InChI=1S/C19H25N4.C10H8F5.K/c1-5-23(6-2)11-7-8-18-19(22-15(4)21-18)13-16-9-10-17(20)14(3)12-16;1-6-3-4-7(10(13,14)15)5-8(6)9(2,11)12;/h3,9-10,12-13,20,22H,4-8,11H2,1-2H3;3-5H,1H2,2H3;/q2*-1;+1/b19-13-,20-17?;;. The SMILES string of the molecule is [CH-]=C1C=C(/C=c2\[nH]c(=C)nc2CCCN(CC)CC)C=CC1=N.[CH2-]c1ccc(C(F)(F)F)cc1C(C)(F)F.[K+]. The Kier molecular flexibility index (Phi) is 13.8. The van der Waals surface area contributed by atoms with Crippen molar-refractivity contribution in [3.8, 4) is 0 Å². The van der Waals surface area contributed by atoms with Crippen molar-refractivity contribution >= 4 is 18.4 Å². The molecular formula is C29H33F5KN4-. The van der Waals surface area contributed by atoms with E-state index < -0.39 is 23.2 Å². The fourth-order valence-corrected chi connectivity index (χ4v) is 3.80. The number of nitrogens with zero attached hydrogens (tertiary/aromatic N) is 2. The number of aromatic amines is 1. The first-order valence-corrected chi connectivity index (χ1v) is 12.2. The van der Waals surface area contributed by atoms with Gasteiger partial charge in [0.2, 0.25) is 5.92 Å². The first-order valence-electron chi connectivity index (χ1n) is 12.2. The molecule has 0 amide bonds. The Morgan fingerprint density at radius 2 is 1.79 bits per heavy atom. The maximum atomic E-state index is 12.9. The minimum Gasteiger partial charge on any atom is -0.365 e. The summed E-state index contributed by atoms with van der Waals surface area (Å²) in [7, 11) is 0. The van der Waals surface area contributed by atoms with Crippen LogP contribution in [0.2, 0.25) is 0 Å². The number of hydrogen-bond acceptors (Lipinski definition) is 3. The summed E-state index contributed by atoms with van der Waals surface area (Å²) in [5.74, 6) is -3.32. The number of imidazole rings is 1. The van der Waals surface area contributed by atoms with Crippen molar-refractivity contribution in [3.63, 3.8) is 0 Å². The largest absolute Gasteiger partial charge is 1.00 e. The third kappa shape index (κ3) is 10.9. The number of aromatic nitrogens is 2. The minimum atomic E-state index is -4.62. The van der Waals surface area contributed by atoms with E-state index in [1.54, 1.807) is 6.08 Å². The van der Waals surface area contributed by atoms with E-state index in [1.165, 1.54) is 0 Å². The summed E-state index contributed by atoms with van der Waals surface area (Å²) in [5.41, 5.74) is 1.63. The van der Waals surface area contributed by atoms with E-state index in [-0.39, 0.29) is 56.9 Å². The van der Waals surface area contributed by atoms with Crippen LogP contribution < -0.4 is 62.2 Å². The number of hydrogen-bond donors (Lipinski definition) is 2. The van der Waals surface area contributed by atoms with Crippen molar-refractivity contribution in [2.75, 3.05) is 19.6 Å². The van der Waals surface area contributed by atoms with Crippen LogP contribution in [0.1, 0.15) is 49.6 Å². The van der Waals surface area contributed by atoms with Gasteiger partial charge < -0.3 is 15.3 Å². The fraction of sp³-hybridized carbons (Fsp3) is 0.345. The van der Waals surface area contributed by atoms with Crippen LogP contribution in [0.5, 0.6) is 0 Å². The molecule has 0 unspecified atom stereocenters. The third-order valence-electron chi connectivity index (χ3n) is 5.94. The molecule has 0 saturated carbocycles. The van der Waals surface area contributed by atoms with Crippen LogP contribution in [0.15, 0.2) is 47.6 Å². The molecule has 39 heavy (non-hydrogen) atoms. The van der Waals surface area contributed by atoms with E-state index in [1.807, 2.05) is 18.2 Å². The third-order valence-corrected chi connectivity index (χ3v) is 5.94. The summed E-state index contributed by atoms with van der Waals surface area (Å²) >= 11 is 0. The zero-order valence-corrected chi connectivity index (χ0v) is 26.0. The van der Waals surface area contributed by atoms with E-state index in [2.05, 4.69) is 42.2 Å².